The molecule has 0 fully saturated rings. The molecule has 3 nitrogen and oxygen atoms in total. The molecule has 0 unspecified atom stereocenters. The molecule has 0 saturated carbocycles. The maximum absolute atomic E-state index is 14.3. The van der Waals surface area contributed by atoms with Gasteiger partial charge in [0, 0.05) is 6.92 Å². The Bertz CT molecular complexity index is 702. The van der Waals surface area contributed by atoms with Gasteiger partial charge in [0.05, 0.1) is 12.2 Å². The number of benzene rings is 1. The van der Waals surface area contributed by atoms with E-state index in [1.807, 2.05) is 0 Å². The summed E-state index contributed by atoms with van der Waals surface area (Å²) in [5, 5.41) is 0. The van der Waals surface area contributed by atoms with Crippen molar-refractivity contribution in [3.05, 3.63) is 47.4 Å². The molecule has 0 radical (unpaired) electrons. The first-order chi connectivity index (χ1) is 9.95. The lowest BCUT2D eigenvalue weighted by Crippen LogP contribution is -2.04. The van der Waals surface area contributed by atoms with Crippen LogP contribution in [0.15, 0.2) is 24.3 Å². The van der Waals surface area contributed by atoms with E-state index in [1.165, 1.54) is 6.92 Å². The lowest BCUT2D eigenvalue weighted by molar-refractivity contribution is 0.101. The normalized spacial score (nSPS) is 10.5. The molecule has 1 aromatic heterocycles. The maximum atomic E-state index is 14.3. The van der Waals surface area contributed by atoms with Crippen LogP contribution in [-0.2, 0) is 0 Å². The molecule has 0 saturated heterocycles. The lowest BCUT2D eigenvalue weighted by Gasteiger charge is -2.11. The summed E-state index contributed by atoms with van der Waals surface area (Å²) in [6.45, 7) is 3.04. The highest BCUT2D eigenvalue weighted by Gasteiger charge is 2.21. The van der Waals surface area contributed by atoms with Crippen LogP contribution in [-0.4, -0.2) is 17.4 Å². The third-order valence-electron chi connectivity index (χ3n) is 2.80. The van der Waals surface area contributed by atoms with E-state index in [9.17, 15) is 18.0 Å². The van der Waals surface area contributed by atoms with Gasteiger partial charge in [0.2, 0.25) is 0 Å². The van der Waals surface area contributed by atoms with Gasteiger partial charge in [-0.15, -0.1) is 0 Å². The van der Waals surface area contributed by atoms with Crippen molar-refractivity contribution in [3.63, 3.8) is 0 Å². The Morgan fingerprint density at radius 2 is 1.81 bits per heavy atom. The number of ketones is 1. The molecule has 6 heteroatoms. The number of halogens is 3. The molecule has 1 aromatic carbocycles. The molecule has 0 bridgehead atoms. The molecular weight excluding hydrogens is 283 g/mol. The molecule has 2 aromatic rings. The average Bonchev–Trinajstić information content (AvgIpc) is 2.44. The van der Waals surface area contributed by atoms with Crippen LogP contribution in [0.3, 0.4) is 0 Å². The second-order valence-electron chi connectivity index (χ2n) is 4.25. The van der Waals surface area contributed by atoms with Gasteiger partial charge in [-0.3, -0.25) is 4.79 Å². The Labute approximate surface area is 119 Å². The van der Waals surface area contributed by atoms with Gasteiger partial charge in [-0.25, -0.2) is 18.2 Å². The van der Waals surface area contributed by atoms with Crippen molar-refractivity contribution in [1.29, 1.82) is 0 Å². The van der Waals surface area contributed by atoms with E-state index in [0.717, 1.165) is 24.3 Å². The predicted octanol–water partition coefficient (Wildman–Crippen LogP) is 3.77. The summed E-state index contributed by atoms with van der Waals surface area (Å²) in [7, 11) is 0. The van der Waals surface area contributed by atoms with Crippen molar-refractivity contribution in [3.8, 4) is 17.0 Å². The Morgan fingerprint density at radius 1 is 1.14 bits per heavy atom. The van der Waals surface area contributed by atoms with E-state index in [-0.39, 0.29) is 18.1 Å². The van der Waals surface area contributed by atoms with Crippen molar-refractivity contribution < 1.29 is 22.7 Å². The number of aromatic nitrogens is 1. The highest BCUT2D eigenvalue weighted by molar-refractivity contribution is 5.92. The van der Waals surface area contributed by atoms with Gasteiger partial charge in [0.15, 0.2) is 17.3 Å². The SMILES string of the molecule is CCOc1ccc(F)c(-c2nc(C(C)=O)ccc2F)c1F. The highest BCUT2D eigenvalue weighted by atomic mass is 19.1. The van der Waals surface area contributed by atoms with E-state index >= 15 is 0 Å². The fraction of sp³-hybridized carbons (Fsp3) is 0.200. The first kappa shape index (κ1) is 15.0. The van der Waals surface area contributed by atoms with Crippen molar-refractivity contribution in [1.82, 2.24) is 4.98 Å². The van der Waals surface area contributed by atoms with Gasteiger partial charge >= 0.3 is 0 Å². The van der Waals surface area contributed by atoms with Gasteiger partial charge in [-0.2, -0.15) is 0 Å². The molecule has 0 spiro atoms. The number of pyridine rings is 1. The third kappa shape index (κ3) is 2.89. The molecule has 110 valence electrons. The molecular formula is C15H12F3NO2. The zero-order valence-corrected chi connectivity index (χ0v) is 11.4. The third-order valence-corrected chi connectivity index (χ3v) is 2.80. The number of hydrogen-bond donors (Lipinski definition) is 0. The number of nitrogens with zero attached hydrogens (tertiary/aromatic N) is 1. The zero-order chi connectivity index (χ0) is 15.6. The Morgan fingerprint density at radius 3 is 2.43 bits per heavy atom. The van der Waals surface area contributed by atoms with Gasteiger partial charge in [-0.05, 0) is 31.2 Å². The van der Waals surface area contributed by atoms with Crippen molar-refractivity contribution in [2.75, 3.05) is 6.61 Å². The summed E-state index contributed by atoms with van der Waals surface area (Å²) < 4.78 is 47.0. The summed E-state index contributed by atoms with van der Waals surface area (Å²) in [4.78, 5) is 15.0. The summed E-state index contributed by atoms with van der Waals surface area (Å²) in [5.41, 5.74) is -1.28. The Kier molecular flexibility index (Phi) is 4.26. The quantitative estimate of drug-likeness (QED) is 0.806. The number of rotatable bonds is 4. The van der Waals surface area contributed by atoms with Crippen molar-refractivity contribution in [2.24, 2.45) is 0 Å². The van der Waals surface area contributed by atoms with Crippen LogP contribution in [0.5, 0.6) is 5.75 Å². The topological polar surface area (TPSA) is 39.2 Å². The van der Waals surface area contributed by atoms with Gasteiger partial charge < -0.3 is 4.74 Å². The second kappa shape index (κ2) is 5.95. The van der Waals surface area contributed by atoms with E-state index in [0.29, 0.717) is 0 Å². The number of ether oxygens (including phenoxy) is 1. The maximum Gasteiger partial charge on any atom is 0.178 e. The zero-order valence-electron chi connectivity index (χ0n) is 11.4. The monoisotopic (exact) mass is 295 g/mol. The predicted molar refractivity (Wildman–Crippen MR) is 70.7 cm³/mol. The second-order valence-corrected chi connectivity index (χ2v) is 4.25. The summed E-state index contributed by atoms with van der Waals surface area (Å²) in [6.07, 6.45) is 0. The van der Waals surface area contributed by atoms with Crippen LogP contribution in [0.4, 0.5) is 13.2 Å². The van der Waals surface area contributed by atoms with Crippen molar-refractivity contribution >= 4 is 5.78 Å². The van der Waals surface area contributed by atoms with Crippen LogP contribution in [0, 0.1) is 17.5 Å². The smallest absolute Gasteiger partial charge is 0.178 e. The number of Topliss-reactive ketones (excluding diaryl/α,β-unsaturated/α-hetero) is 1. The average molecular weight is 295 g/mol. The van der Waals surface area contributed by atoms with Crippen LogP contribution >= 0.6 is 0 Å². The lowest BCUT2D eigenvalue weighted by atomic mass is 10.1. The van der Waals surface area contributed by atoms with E-state index in [4.69, 9.17) is 4.74 Å². The van der Waals surface area contributed by atoms with Gasteiger partial charge in [0.25, 0.3) is 0 Å². The summed E-state index contributed by atoms with van der Waals surface area (Å²) in [6, 6.07) is 4.18. The minimum atomic E-state index is -1.05. The fourth-order valence-corrected chi connectivity index (χ4v) is 1.83. The number of carbonyl (C=O) groups is 1. The molecule has 0 aliphatic rings. The van der Waals surface area contributed by atoms with Gasteiger partial charge in [-0.1, -0.05) is 0 Å². The first-order valence-electron chi connectivity index (χ1n) is 6.24. The minimum Gasteiger partial charge on any atom is -0.491 e. The Hall–Kier alpha value is -2.37. The van der Waals surface area contributed by atoms with Crippen LogP contribution in [0.25, 0.3) is 11.3 Å². The Balaban J connectivity index is 2.68. The molecule has 0 aliphatic carbocycles. The first-order valence-corrected chi connectivity index (χ1v) is 6.24. The highest BCUT2D eigenvalue weighted by Crippen LogP contribution is 2.32. The largest absolute Gasteiger partial charge is 0.491 e. The minimum absolute atomic E-state index is 0.0768. The molecule has 0 atom stereocenters. The van der Waals surface area contributed by atoms with Gasteiger partial charge in [0.1, 0.15) is 23.0 Å². The molecule has 1 heterocycles. The number of carbonyl (C=O) groups excluding carboxylic acids is 1. The van der Waals surface area contributed by atoms with E-state index in [2.05, 4.69) is 4.98 Å². The molecule has 2 rings (SSSR count). The fourth-order valence-electron chi connectivity index (χ4n) is 1.83. The van der Waals surface area contributed by atoms with Crippen LogP contribution in [0.2, 0.25) is 0 Å². The standard InChI is InChI=1S/C15H12F3NO2/c1-3-21-12-7-5-9(16)13(14(12)18)15-10(17)4-6-11(19-15)8(2)20/h4-7H,3H2,1-2H3. The summed E-state index contributed by atoms with van der Waals surface area (Å²) in [5.74, 6) is -3.60. The summed E-state index contributed by atoms with van der Waals surface area (Å²) >= 11 is 0. The van der Waals surface area contributed by atoms with Crippen molar-refractivity contribution in [2.45, 2.75) is 13.8 Å². The van der Waals surface area contributed by atoms with E-state index in [1.54, 1.807) is 6.92 Å². The number of hydrogen-bond acceptors (Lipinski definition) is 3. The van der Waals surface area contributed by atoms with Crippen LogP contribution < -0.4 is 4.74 Å². The van der Waals surface area contributed by atoms with E-state index < -0.39 is 34.5 Å². The molecule has 0 N–H and O–H groups in total. The molecule has 0 aliphatic heterocycles. The van der Waals surface area contributed by atoms with Crippen LogP contribution in [0.1, 0.15) is 24.3 Å². The molecule has 0 amide bonds. The molecule has 21 heavy (non-hydrogen) atoms.